The smallest absolute Gasteiger partial charge is 0.0161 e. The lowest BCUT2D eigenvalue weighted by molar-refractivity contribution is 0.130. The minimum absolute atomic E-state index is 0.708. The first-order chi connectivity index (χ1) is 7.16. The number of nitrogens with one attached hydrogen (secondary N) is 1. The summed E-state index contributed by atoms with van der Waals surface area (Å²) < 4.78 is 0. The molecule has 2 nitrogen and oxygen atoms in total. The van der Waals surface area contributed by atoms with Crippen molar-refractivity contribution in [1.82, 2.24) is 10.2 Å². The highest BCUT2D eigenvalue weighted by molar-refractivity contribution is 7.99. The molecule has 0 amide bonds. The van der Waals surface area contributed by atoms with E-state index < -0.39 is 0 Å². The van der Waals surface area contributed by atoms with Crippen molar-refractivity contribution in [3.05, 3.63) is 0 Å². The Hall–Kier alpha value is 0.270. The van der Waals surface area contributed by atoms with E-state index in [-0.39, 0.29) is 0 Å². The van der Waals surface area contributed by atoms with Gasteiger partial charge in [0.1, 0.15) is 0 Å². The molecule has 0 aliphatic carbocycles. The minimum atomic E-state index is 0.708. The van der Waals surface area contributed by atoms with Crippen LogP contribution >= 0.6 is 11.8 Å². The number of hydrogen-bond acceptors (Lipinski definition) is 3. The monoisotopic (exact) mass is 230 g/mol. The highest BCUT2D eigenvalue weighted by atomic mass is 32.2. The van der Waals surface area contributed by atoms with Crippen molar-refractivity contribution in [2.24, 2.45) is 5.92 Å². The maximum Gasteiger partial charge on any atom is 0.0161 e. The van der Waals surface area contributed by atoms with Crippen molar-refractivity contribution < 1.29 is 0 Å². The SMILES string of the molecule is CCNCC(C)C(C)N1CCSCC1C. The normalized spacial score (nSPS) is 27.6. The summed E-state index contributed by atoms with van der Waals surface area (Å²) in [5.74, 6) is 3.36. The van der Waals surface area contributed by atoms with E-state index in [9.17, 15) is 0 Å². The zero-order chi connectivity index (χ0) is 11.3. The van der Waals surface area contributed by atoms with E-state index in [0.717, 1.165) is 25.0 Å². The molecule has 1 N–H and O–H groups in total. The van der Waals surface area contributed by atoms with E-state index in [2.05, 4.69) is 49.7 Å². The molecule has 1 saturated heterocycles. The van der Waals surface area contributed by atoms with Crippen molar-refractivity contribution >= 4 is 11.8 Å². The quantitative estimate of drug-likeness (QED) is 0.778. The van der Waals surface area contributed by atoms with Crippen LogP contribution in [0.4, 0.5) is 0 Å². The molecule has 3 heteroatoms. The van der Waals surface area contributed by atoms with Crippen LogP contribution in [0, 0.1) is 5.92 Å². The first-order valence-corrected chi connectivity index (χ1v) is 7.36. The van der Waals surface area contributed by atoms with Crippen molar-refractivity contribution in [3.8, 4) is 0 Å². The summed E-state index contributed by atoms with van der Waals surface area (Å²) in [6, 6.07) is 1.46. The van der Waals surface area contributed by atoms with Gasteiger partial charge in [-0.3, -0.25) is 4.90 Å². The summed E-state index contributed by atoms with van der Waals surface area (Å²) in [5.41, 5.74) is 0. The van der Waals surface area contributed by atoms with Crippen molar-refractivity contribution in [2.75, 3.05) is 31.1 Å². The molecule has 0 aromatic rings. The van der Waals surface area contributed by atoms with Gasteiger partial charge in [-0.1, -0.05) is 13.8 Å². The summed E-state index contributed by atoms with van der Waals surface area (Å²) in [6.45, 7) is 12.8. The fourth-order valence-electron chi connectivity index (χ4n) is 2.21. The summed E-state index contributed by atoms with van der Waals surface area (Å²) in [4.78, 5) is 2.68. The maximum absolute atomic E-state index is 3.45. The van der Waals surface area contributed by atoms with Gasteiger partial charge in [0.15, 0.2) is 0 Å². The zero-order valence-electron chi connectivity index (χ0n) is 10.6. The Bertz CT molecular complexity index is 175. The summed E-state index contributed by atoms with van der Waals surface area (Å²) in [5, 5.41) is 3.45. The molecule has 15 heavy (non-hydrogen) atoms. The molecule has 0 radical (unpaired) electrons. The zero-order valence-corrected chi connectivity index (χ0v) is 11.4. The molecule has 0 bridgehead atoms. The summed E-state index contributed by atoms with van der Waals surface area (Å²) >= 11 is 2.10. The van der Waals surface area contributed by atoms with E-state index in [4.69, 9.17) is 0 Å². The van der Waals surface area contributed by atoms with Gasteiger partial charge in [-0.2, -0.15) is 11.8 Å². The van der Waals surface area contributed by atoms with Crippen LogP contribution in [0.2, 0.25) is 0 Å². The van der Waals surface area contributed by atoms with Gasteiger partial charge in [0.25, 0.3) is 0 Å². The Morgan fingerprint density at radius 3 is 2.80 bits per heavy atom. The average Bonchev–Trinajstić information content (AvgIpc) is 2.25. The molecule has 0 saturated carbocycles. The highest BCUT2D eigenvalue weighted by Gasteiger charge is 2.26. The van der Waals surface area contributed by atoms with Crippen molar-refractivity contribution in [1.29, 1.82) is 0 Å². The van der Waals surface area contributed by atoms with Crippen LogP contribution in [0.25, 0.3) is 0 Å². The van der Waals surface area contributed by atoms with Gasteiger partial charge >= 0.3 is 0 Å². The fourth-order valence-corrected chi connectivity index (χ4v) is 3.25. The number of rotatable bonds is 5. The van der Waals surface area contributed by atoms with E-state index in [0.29, 0.717) is 6.04 Å². The lowest BCUT2D eigenvalue weighted by atomic mass is 10.0. The summed E-state index contributed by atoms with van der Waals surface area (Å²) in [6.07, 6.45) is 0. The Morgan fingerprint density at radius 1 is 1.47 bits per heavy atom. The second-order valence-corrected chi connectivity index (χ2v) is 5.84. The number of thioether (sulfide) groups is 1. The van der Waals surface area contributed by atoms with Crippen LogP contribution in [-0.2, 0) is 0 Å². The van der Waals surface area contributed by atoms with Crippen molar-refractivity contribution in [2.45, 2.75) is 39.8 Å². The molecule has 0 aromatic carbocycles. The van der Waals surface area contributed by atoms with Gasteiger partial charge < -0.3 is 5.32 Å². The van der Waals surface area contributed by atoms with Crippen molar-refractivity contribution in [3.63, 3.8) is 0 Å². The third-order valence-electron chi connectivity index (χ3n) is 3.48. The van der Waals surface area contributed by atoms with E-state index in [1.54, 1.807) is 0 Å². The second kappa shape index (κ2) is 6.77. The van der Waals surface area contributed by atoms with Gasteiger partial charge in [0.05, 0.1) is 0 Å². The van der Waals surface area contributed by atoms with Crippen LogP contribution in [-0.4, -0.2) is 48.1 Å². The molecule has 1 aliphatic heterocycles. The van der Waals surface area contributed by atoms with Crippen LogP contribution in [0.3, 0.4) is 0 Å². The molecule has 1 aliphatic rings. The van der Waals surface area contributed by atoms with Crippen LogP contribution < -0.4 is 5.32 Å². The standard InChI is InChI=1S/C12H26N2S/c1-5-13-8-10(2)12(4)14-6-7-15-9-11(14)3/h10-13H,5-9H2,1-4H3. The van der Waals surface area contributed by atoms with Gasteiger partial charge in [-0.15, -0.1) is 0 Å². The molecule has 90 valence electrons. The van der Waals surface area contributed by atoms with E-state index >= 15 is 0 Å². The molecule has 3 atom stereocenters. The lowest BCUT2D eigenvalue weighted by Crippen LogP contribution is -2.49. The molecule has 1 heterocycles. The van der Waals surface area contributed by atoms with Gasteiger partial charge in [-0.25, -0.2) is 0 Å². The van der Waals surface area contributed by atoms with Gasteiger partial charge in [0, 0.05) is 30.1 Å². The number of nitrogens with zero attached hydrogens (tertiary/aromatic N) is 1. The Morgan fingerprint density at radius 2 is 2.20 bits per heavy atom. The second-order valence-electron chi connectivity index (χ2n) is 4.69. The molecular weight excluding hydrogens is 204 g/mol. The van der Waals surface area contributed by atoms with Gasteiger partial charge in [-0.05, 0) is 32.9 Å². The number of hydrogen-bond donors (Lipinski definition) is 1. The Balaban J connectivity index is 2.39. The predicted molar refractivity (Wildman–Crippen MR) is 70.7 cm³/mol. The molecule has 0 aromatic heterocycles. The highest BCUT2D eigenvalue weighted by Crippen LogP contribution is 2.21. The maximum atomic E-state index is 3.45. The van der Waals surface area contributed by atoms with Gasteiger partial charge in [0.2, 0.25) is 0 Å². The first kappa shape index (κ1) is 13.3. The third-order valence-corrected chi connectivity index (χ3v) is 4.67. The molecular formula is C12H26N2S. The topological polar surface area (TPSA) is 15.3 Å². The first-order valence-electron chi connectivity index (χ1n) is 6.21. The Kier molecular flexibility index (Phi) is 6.02. The Labute approximate surface area is 99.2 Å². The van der Waals surface area contributed by atoms with Crippen LogP contribution in [0.1, 0.15) is 27.7 Å². The fraction of sp³-hybridized carbons (Fsp3) is 1.00. The molecule has 3 unspecified atom stereocenters. The van der Waals surface area contributed by atoms with E-state index in [1.807, 2.05) is 0 Å². The van der Waals surface area contributed by atoms with Crippen LogP contribution in [0.15, 0.2) is 0 Å². The van der Waals surface area contributed by atoms with Crippen LogP contribution in [0.5, 0.6) is 0 Å². The van der Waals surface area contributed by atoms with E-state index in [1.165, 1.54) is 18.1 Å². The summed E-state index contributed by atoms with van der Waals surface area (Å²) in [7, 11) is 0. The molecule has 0 spiro atoms. The molecule has 1 rings (SSSR count). The predicted octanol–water partition coefficient (Wildman–Crippen LogP) is 2.06. The molecule has 1 fully saturated rings. The largest absolute Gasteiger partial charge is 0.317 e. The third kappa shape index (κ3) is 3.97. The average molecular weight is 230 g/mol. The minimum Gasteiger partial charge on any atom is -0.317 e. The lowest BCUT2D eigenvalue weighted by Gasteiger charge is -2.40.